The largest absolute Gasteiger partial charge is 0.307 e. The van der Waals surface area contributed by atoms with Crippen molar-refractivity contribution in [1.82, 2.24) is 0 Å². The fourth-order valence-corrected chi connectivity index (χ4v) is 0. The van der Waals surface area contributed by atoms with Crippen LogP contribution in [-0.2, 0) is 4.79 Å². The second-order valence-electron chi connectivity index (χ2n) is 0. The molecule has 0 radical (unpaired) electrons. The Balaban J connectivity index is -0.00000000167. The molecule has 1 nitrogen and oxygen atoms in total. The molecular formula is C8H32OS. The highest BCUT2D eigenvalue weighted by Crippen LogP contribution is 1.15. The van der Waals surface area contributed by atoms with Gasteiger partial charge in [0.2, 0.25) is 0 Å². The zero-order valence-electron chi connectivity index (χ0n) is 6.23. The molecule has 0 fully saturated rings. The first kappa shape index (κ1) is 53.0. The first-order chi connectivity index (χ1) is 4.00. The summed E-state index contributed by atoms with van der Waals surface area (Å²) in [5.41, 5.74) is 0. The average Bonchev–Trinajstić information content (AvgIpc) is 2.03. The average molecular weight is 184 g/mol. The molecule has 0 aliphatic heterocycles. The zero-order valence-corrected chi connectivity index (χ0v) is 7.05. The highest BCUT2D eigenvalue weighted by molar-refractivity contribution is 7.77. The van der Waals surface area contributed by atoms with Crippen LogP contribution in [0.4, 0.5) is 0 Å². The Morgan fingerprint density at radius 1 is 0.900 bits per heavy atom. The molecule has 0 aliphatic rings. The van der Waals surface area contributed by atoms with E-state index in [1.165, 1.54) is 0 Å². The van der Waals surface area contributed by atoms with E-state index in [2.05, 4.69) is 18.1 Å². The summed E-state index contributed by atoms with van der Waals surface area (Å²) in [4.78, 5) is 8.00. The van der Waals surface area contributed by atoms with Gasteiger partial charge in [-0.3, -0.25) is 0 Å². The minimum absolute atomic E-state index is 0. The number of hydrogen-bond donors (Lipinski definition) is 0. The third kappa shape index (κ3) is 6160. The Labute approximate surface area is 78.8 Å². The molecule has 0 atom stereocenters. The molecule has 0 spiro atoms. The van der Waals surface area contributed by atoms with Crippen molar-refractivity contribution in [3.63, 3.8) is 0 Å². The van der Waals surface area contributed by atoms with Crippen LogP contribution in [0.3, 0.4) is 0 Å². The van der Waals surface area contributed by atoms with Gasteiger partial charge in [0, 0.05) is 5.71 Å². The Morgan fingerprint density at radius 2 is 0.900 bits per heavy atom. The molecule has 0 heterocycles. The monoisotopic (exact) mass is 184 g/mol. The van der Waals surface area contributed by atoms with Gasteiger partial charge in [0.05, 0.1) is 0 Å². The second kappa shape index (κ2) is 9160. The number of carbonyl (C=O) groups excluding carboxylic acids is 1. The molecule has 0 aromatic rings. The van der Waals surface area contributed by atoms with E-state index in [4.69, 9.17) is 4.79 Å². The van der Waals surface area contributed by atoms with Crippen LogP contribution in [0.2, 0.25) is 0 Å². The van der Waals surface area contributed by atoms with Crippen LogP contribution in [-0.4, -0.2) is 12.7 Å². The Kier molecular flexibility index (Phi) is 48500. The molecule has 0 aliphatic carbocycles. The highest BCUT2D eigenvalue weighted by Gasteiger charge is 0.934. The molecule has 0 rings (SSSR count). The number of carbonyl (C=O) groups is 1. The third-order valence-corrected chi connectivity index (χ3v) is 0. The SMILES string of the molecule is C.C.C=O.C=S.CC.CC.[3HH].[3HH].[3HH].[3HH]. The Morgan fingerprint density at radius 3 is 0.900 bits per heavy atom. The third-order valence-electron chi connectivity index (χ3n) is 0. The van der Waals surface area contributed by atoms with Gasteiger partial charge in [-0.05, 0) is 5.87 Å². The highest BCUT2D eigenvalue weighted by atomic mass is 32.1. The van der Waals surface area contributed by atoms with Crippen molar-refractivity contribution in [2.75, 3.05) is 0 Å². The quantitative estimate of drug-likeness (QED) is 0.506. The molecule has 0 aromatic carbocycles. The number of hydrogen-bond acceptors (Lipinski definition) is 2. The van der Waals surface area contributed by atoms with Crippen LogP contribution < -0.4 is 0 Å². The Bertz CT molecular complexity index is 23.3. The lowest BCUT2D eigenvalue weighted by molar-refractivity contribution is -0.0979. The lowest BCUT2D eigenvalue weighted by Gasteiger charge is -1.07. The standard InChI is InChI=1S/2C2H6.CH2O.CH2S.2CH4.4H2/c4*1-2;;;;;;/h2*1-2H3;2*1H2;2*1H4;4*1H/i;;;;;;4*1+2. The van der Waals surface area contributed by atoms with Crippen LogP contribution in [0.15, 0.2) is 0 Å². The van der Waals surface area contributed by atoms with Crippen molar-refractivity contribution in [2.45, 2.75) is 42.5 Å². The molecule has 0 aromatic heterocycles. The van der Waals surface area contributed by atoms with Crippen molar-refractivity contribution in [2.24, 2.45) is 0 Å². The maximum atomic E-state index is 8.00. The van der Waals surface area contributed by atoms with Crippen LogP contribution in [0.25, 0.3) is 0 Å². The molecule has 2 heteroatoms. The molecule has 0 N–H and O–H groups in total. The van der Waals surface area contributed by atoms with Gasteiger partial charge in [-0.15, -0.1) is 0 Å². The van der Waals surface area contributed by atoms with Crippen molar-refractivity contribution in [1.29, 1.82) is 0 Å². The molecule has 10 heavy (non-hydrogen) atoms. The van der Waals surface area contributed by atoms with E-state index in [0.717, 1.165) is 0 Å². The predicted molar refractivity (Wildman–Crippen MR) is 66.4 cm³/mol. The first-order valence-electron chi connectivity index (χ1n) is 2.58. The van der Waals surface area contributed by atoms with E-state index in [-0.39, 0.29) is 20.6 Å². The summed E-state index contributed by atoms with van der Waals surface area (Å²) in [5, 5.41) is 0. The normalized spacial score (nSPS) is 2.00. The van der Waals surface area contributed by atoms with Crippen molar-refractivity contribution < 1.29 is 10.5 Å². The Hall–Kier alpha value is -0.240. The van der Waals surface area contributed by atoms with Crippen molar-refractivity contribution in [3.05, 3.63) is 0 Å². The lowest BCUT2D eigenvalue weighted by Crippen LogP contribution is -0.925. The van der Waals surface area contributed by atoms with E-state index >= 15 is 0 Å². The lowest BCUT2D eigenvalue weighted by atomic mass is 11.0. The fourth-order valence-electron chi connectivity index (χ4n) is 0. The summed E-state index contributed by atoms with van der Waals surface area (Å²) < 4.78 is 0. The van der Waals surface area contributed by atoms with E-state index < -0.39 is 0 Å². The van der Waals surface area contributed by atoms with Crippen molar-refractivity contribution >= 4 is 24.9 Å². The van der Waals surface area contributed by atoms with E-state index in [9.17, 15) is 0 Å². The maximum Gasteiger partial charge on any atom is 0.106 e. The molecule has 0 unspecified atom stereocenters. The molecule has 76 valence electrons. The van der Waals surface area contributed by atoms with Crippen LogP contribution in [0.1, 0.15) is 48.3 Å². The number of rotatable bonds is 0. The first-order valence-corrected chi connectivity index (χ1v) is 3.15. The fraction of sp³-hybridized carbons (Fsp3) is 0.750. The summed E-state index contributed by atoms with van der Waals surface area (Å²) in [5.74, 6) is 2.83. The zero-order chi connectivity index (χ0) is 8.00. The van der Waals surface area contributed by atoms with E-state index in [1.807, 2.05) is 34.5 Å². The van der Waals surface area contributed by atoms with Gasteiger partial charge in [-0.25, -0.2) is 0 Å². The molecule has 0 saturated carbocycles. The summed E-state index contributed by atoms with van der Waals surface area (Å²) in [6.07, 6.45) is 0. The van der Waals surface area contributed by atoms with Gasteiger partial charge < -0.3 is 4.79 Å². The summed E-state index contributed by atoms with van der Waals surface area (Å²) in [6.45, 7) is 10.0. The minimum atomic E-state index is 0. The van der Waals surface area contributed by atoms with Gasteiger partial charge in [0.25, 0.3) is 0 Å². The molecule has 0 amide bonds. The van der Waals surface area contributed by atoms with E-state index in [0.29, 0.717) is 0 Å². The predicted octanol–water partition coefficient (Wildman–Crippen LogP) is 4.74. The molecule has 0 saturated heterocycles. The summed E-state index contributed by atoms with van der Waals surface area (Å²) in [7, 11) is 0. The maximum absolute atomic E-state index is 8.00. The van der Waals surface area contributed by atoms with E-state index in [1.54, 1.807) is 0 Å². The van der Waals surface area contributed by atoms with Gasteiger partial charge in [-0.1, -0.05) is 54.8 Å². The number of thiocarbonyl (C=S) groups is 1. The van der Waals surface area contributed by atoms with Crippen LogP contribution >= 0.6 is 12.2 Å². The summed E-state index contributed by atoms with van der Waals surface area (Å²) in [6, 6.07) is 0. The topological polar surface area (TPSA) is 17.1 Å². The van der Waals surface area contributed by atoms with Gasteiger partial charge in [0.1, 0.15) is 6.79 Å². The van der Waals surface area contributed by atoms with Crippen molar-refractivity contribution in [3.8, 4) is 0 Å². The van der Waals surface area contributed by atoms with Crippen LogP contribution in [0, 0.1) is 0 Å². The van der Waals surface area contributed by atoms with Gasteiger partial charge in [0.15, 0.2) is 0 Å². The molecular weight excluding hydrogens is 144 g/mol. The smallest absolute Gasteiger partial charge is 0.106 e. The van der Waals surface area contributed by atoms with Crippen LogP contribution in [0.5, 0.6) is 0 Å². The summed E-state index contributed by atoms with van der Waals surface area (Å²) >= 11 is 3.83. The second-order valence-corrected chi connectivity index (χ2v) is 0. The van der Waals surface area contributed by atoms with Gasteiger partial charge >= 0.3 is 0 Å². The van der Waals surface area contributed by atoms with Gasteiger partial charge in [-0.2, -0.15) is 0 Å². The molecule has 0 bridgehead atoms. The minimum Gasteiger partial charge on any atom is -0.307 e.